The van der Waals surface area contributed by atoms with Crippen LogP contribution in [-0.2, 0) is 0 Å². The summed E-state index contributed by atoms with van der Waals surface area (Å²) in [5.41, 5.74) is 3.44. The van der Waals surface area contributed by atoms with Gasteiger partial charge >= 0.3 is 0 Å². The molecule has 1 atom stereocenters. The second kappa shape index (κ2) is 6.86. The van der Waals surface area contributed by atoms with Crippen LogP contribution in [0.25, 0.3) is 21.0 Å². The van der Waals surface area contributed by atoms with Gasteiger partial charge in [-0.2, -0.15) is 0 Å². The SMILES string of the molecule is O=C(c1ccc2ncsc2c1)N1CCC[C@H](c2nnc(-c3cccs3)o2)C1. The minimum absolute atomic E-state index is 0.0491. The fraction of sp³-hybridized carbons (Fsp3) is 0.263. The molecule has 0 bridgehead atoms. The lowest BCUT2D eigenvalue weighted by atomic mass is 9.97. The summed E-state index contributed by atoms with van der Waals surface area (Å²) in [6, 6.07) is 9.63. The molecule has 0 unspecified atom stereocenters. The Kier molecular flexibility index (Phi) is 4.21. The molecule has 1 amide bonds. The topological polar surface area (TPSA) is 72.1 Å². The highest BCUT2D eigenvalue weighted by atomic mass is 32.1. The van der Waals surface area contributed by atoms with Crippen LogP contribution < -0.4 is 0 Å². The van der Waals surface area contributed by atoms with E-state index in [4.69, 9.17) is 4.42 Å². The van der Waals surface area contributed by atoms with E-state index in [-0.39, 0.29) is 11.8 Å². The van der Waals surface area contributed by atoms with E-state index in [2.05, 4.69) is 15.2 Å². The van der Waals surface area contributed by atoms with Gasteiger partial charge in [0.05, 0.1) is 26.5 Å². The number of thiophene rings is 1. The van der Waals surface area contributed by atoms with E-state index >= 15 is 0 Å². The number of nitrogens with zero attached hydrogens (tertiary/aromatic N) is 4. The monoisotopic (exact) mass is 396 g/mol. The first-order chi connectivity index (χ1) is 13.3. The predicted molar refractivity (Wildman–Crippen MR) is 105 cm³/mol. The fourth-order valence-corrected chi connectivity index (χ4v) is 4.79. The number of likely N-dealkylation sites (tertiary alicyclic amines) is 1. The number of fused-ring (bicyclic) bond motifs is 1. The maximum Gasteiger partial charge on any atom is 0.257 e. The van der Waals surface area contributed by atoms with Gasteiger partial charge in [-0.15, -0.1) is 32.9 Å². The zero-order valence-corrected chi connectivity index (χ0v) is 16.0. The average molecular weight is 396 g/mol. The van der Waals surface area contributed by atoms with Crippen LogP contribution in [0.1, 0.15) is 35.0 Å². The van der Waals surface area contributed by atoms with E-state index < -0.39 is 0 Å². The van der Waals surface area contributed by atoms with Gasteiger partial charge in [0, 0.05) is 18.7 Å². The molecule has 5 rings (SSSR count). The summed E-state index contributed by atoms with van der Waals surface area (Å²) in [5.74, 6) is 1.30. The first kappa shape index (κ1) is 16.6. The molecule has 1 fully saturated rings. The predicted octanol–water partition coefficient (Wildman–Crippen LogP) is 4.43. The molecule has 0 spiro atoms. The molecule has 1 aliphatic heterocycles. The first-order valence-electron chi connectivity index (χ1n) is 8.78. The van der Waals surface area contributed by atoms with Gasteiger partial charge < -0.3 is 9.32 Å². The Bertz CT molecular complexity index is 1090. The molecule has 136 valence electrons. The smallest absolute Gasteiger partial charge is 0.257 e. The highest BCUT2D eigenvalue weighted by Gasteiger charge is 2.29. The molecule has 27 heavy (non-hydrogen) atoms. The van der Waals surface area contributed by atoms with Gasteiger partial charge in [-0.1, -0.05) is 6.07 Å². The van der Waals surface area contributed by atoms with Crippen molar-refractivity contribution in [2.45, 2.75) is 18.8 Å². The van der Waals surface area contributed by atoms with Gasteiger partial charge in [0.1, 0.15) is 0 Å². The molecule has 1 saturated heterocycles. The summed E-state index contributed by atoms with van der Waals surface area (Å²) in [4.78, 5) is 20.1. The van der Waals surface area contributed by atoms with Gasteiger partial charge in [0.25, 0.3) is 11.8 Å². The lowest BCUT2D eigenvalue weighted by Crippen LogP contribution is -2.39. The summed E-state index contributed by atoms with van der Waals surface area (Å²) in [6.07, 6.45) is 1.87. The molecule has 0 radical (unpaired) electrons. The van der Waals surface area contributed by atoms with Crippen LogP contribution in [0.5, 0.6) is 0 Å². The van der Waals surface area contributed by atoms with Gasteiger partial charge in [-0.25, -0.2) is 4.98 Å². The van der Waals surface area contributed by atoms with Crippen LogP contribution >= 0.6 is 22.7 Å². The van der Waals surface area contributed by atoms with E-state index in [1.807, 2.05) is 40.6 Å². The lowest BCUT2D eigenvalue weighted by Gasteiger charge is -2.31. The quantitative estimate of drug-likeness (QED) is 0.512. The van der Waals surface area contributed by atoms with Crippen molar-refractivity contribution in [1.82, 2.24) is 20.1 Å². The Morgan fingerprint density at radius 3 is 3.07 bits per heavy atom. The summed E-state index contributed by atoms with van der Waals surface area (Å²) in [5, 5.41) is 10.4. The summed E-state index contributed by atoms with van der Waals surface area (Å²) < 4.78 is 6.93. The van der Waals surface area contributed by atoms with Gasteiger partial charge in [-0.3, -0.25) is 4.79 Å². The molecular formula is C19H16N4O2S2. The van der Waals surface area contributed by atoms with Crippen molar-refractivity contribution in [3.63, 3.8) is 0 Å². The number of aromatic nitrogens is 3. The van der Waals surface area contributed by atoms with E-state index in [0.717, 1.165) is 34.5 Å². The molecule has 1 aromatic carbocycles. The van der Waals surface area contributed by atoms with Crippen LogP contribution in [0.3, 0.4) is 0 Å². The normalized spacial score (nSPS) is 17.5. The Morgan fingerprint density at radius 2 is 2.19 bits per heavy atom. The number of hydrogen-bond acceptors (Lipinski definition) is 7. The number of carbonyl (C=O) groups excluding carboxylic acids is 1. The molecule has 0 aliphatic carbocycles. The molecule has 8 heteroatoms. The van der Waals surface area contributed by atoms with Crippen molar-refractivity contribution in [3.8, 4) is 10.8 Å². The molecule has 1 aliphatic rings. The third-order valence-electron chi connectivity index (χ3n) is 4.81. The maximum atomic E-state index is 13.0. The van der Waals surface area contributed by atoms with Crippen molar-refractivity contribution >= 4 is 38.8 Å². The number of carbonyl (C=O) groups is 1. The highest BCUT2D eigenvalue weighted by molar-refractivity contribution is 7.16. The summed E-state index contributed by atoms with van der Waals surface area (Å²) in [6.45, 7) is 1.35. The van der Waals surface area contributed by atoms with E-state index in [9.17, 15) is 4.79 Å². The van der Waals surface area contributed by atoms with Crippen molar-refractivity contribution < 1.29 is 9.21 Å². The van der Waals surface area contributed by atoms with Crippen LogP contribution in [0, 0.1) is 0 Å². The number of amides is 1. The lowest BCUT2D eigenvalue weighted by molar-refractivity contribution is 0.0698. The van der Waals surface area contributed by atoms with Gasteiger partial charge in [-0.05, 0) is 42.5 Å². The van der Waals surface area contributed by atoms with Crippen LogP contribution in [0.15, 0.2) is 45.6 Å². The van der Waals surface area contributed by atoms with Gasteiger partial charge in [0.2, 0.25) is 5.89 Å². The second-order valence-corrected chi connectivity index (χ2v) is 8.38. The summed E-state index contributed by atoms with van der Waals surface area (Å²) in [7, 11) is 0. The Hall–Kier alpha value is -2.58. The van der Waals surface area contributed by atoms with Crippen molar-refractivity contribution in [1.29, 1.82) is 0 Å². The maximum absolute atomic E-state index is 13.0. The number of rotatable bonds is 3. The molecular weight excluding hydrogens is 380 g/mol. The zero-order valence-electron chi connectivity index (χ0n) is 14.4. The van der Waals surface area contributed by atoms with E-state index in [1.54, 1.807) is 28.2 Å². The fourth-order valence-electron chi connectivity index (χ4n) is 3.43. The highest BCUT2D eigenvalue weighted by Crippen LogP contribution is 2.31. The largest absolute Gasteiger partial charge is 0.420 e. The molecule has 3 aromatic heterocycles. The first-order valence-corrected chi connectivity index (χ1v) is 10.5. The number of thiazole rings is 1. The summed E-state index contributed by atoms with van der Waals surface area (Å²) >= 11 is 3.13. The molecule has 4 aromatic rings. The molecule has 0 saturated carbocycles. The van der Waals surface area contributed by atoms with Crippen LogP contribution in [0.2, 0.25) is 0 Å². The second-order valence-electron chi connectivity index (χ2n) is 6.55. The van der Waals surface area contributed by atoms with E-state index in [1.165, 1.54) is 0 Å². The average Bonchev–Trinajstić information content (AvgIpc) is 3.47. The number of hydrogen-bond donors (Lipinski definition) is 0. The number of benzene rings is 1. The Balaban J connectivity index is 1.35. The minimum Gasteiger partial charge on any atom is -0.420 e. The third kappa shape index (κ3) is 3.15. The van der Waals surface area contributed by atoms with Crippen LogP contribution in [-0.4, -0.2) is 39.1 Å². The van der Waals surface area contributed by atoms with Crippen molar-refractivity contribution in [2.24, 2.45) is 0 Å². The van der Waals surface area contributed by atoms with Gasteiger partial charge in [0.15, 0.2) is 0 Å². The van der Waals surface area contributed by atoms with Crippen molar-refractivity contribution in [3.05, 3.63) is 52.7 Å². The van der Waals surface area contributed by atoms with Crippen molar-refractivity contribution in [2.75, 3.05) is 13.1 Å². The number of piperidine rings is 1. The van der Waals surface area contributed by atoms with Crippen LogP contribution in [0.4, 0.5) is 0 Å². The standard InChI is InChI=1S/C19H16N4O2S2/c24-19(12-5-6-14-16(9-12)27-11-20-14)23-7-1-3-13(10-23)17-21-22-18(25-17)15-4-2-8-26-15/h2,4-6,8-9,11,13H,1,3,7,10H2/t13-/m0/s1. The Morgan fingerprint density at radius 1 is 1.22 bits per heavy atom. The molecule has 0 N–H and O–H groups in total. The Labute approximate surface area is 163 Å². The molecule has 4 heterocycles. The third-order valence-corrected chi connectivity index (χ3v) is 6.46. The minimum atomic E-state index is 0.0491. The van der Waals surface area contributed by atoms with E-state index in [0.29, 0.717) is 23.9 Å². The zero-order chi connectivity index (χ0) is 18.2. The molecule has 6 nitrogen and oxygen atoms in total.